The van der Waals surface area contributed by atoms with Crippen molar-refractivity contribution in [2.24, 2.45) is 11.8 Å². The molecule has 20 heavy (non-hydrogen) atoms. The van der Waals surface area contributed by atoms with E-state index in [0.29, 0.717) is 18.4 Å². The normalized spacial score (nSPS) is 21.0. The molecule has 0 aliphatic carbocycles. The van der Waals surface area contributed by atoms with Crippen LogP contribution in [0, 0.1) is 11.8 Å². The molecule has 0 spiro atoms. The van der Waals surface area contributed by atoms with Gasteiger partial charge in [0.15, 0.2) is 0 Å². The summed E-state index contributed by atoms with van der Waals surface area (Å²) in [6.45, 7) is 7.11. The summed E-state index contributed by atoms with van der Waals surface area (Å²) in [5.74, 6) is 0.734. The Hall–Kier alpha value is -1.84. The van der Waals surface area contributed by atoms with Gasteiger partial charge in [0.1, 0.15) is 6.04 Å². The van der Waals surface area contributed by atoms with E-state index in [1.807, 2.05) is 30.3 Å². The maximum atomic E-state index is 12.2. The molecule has 1 aliphatic heterocycles. The number of amides is 2. The van der Waals surface area contributed by atoms with Gasteiger partial charge in [-0.1, -0.05) is 51.1 Å². The Bertz CT molecular complexity index is 485. The lowest BCUT2D eigenvalue weighted by atomic mass is 9.94. The summed E-state index contributed by atoms with van der Waals surface area (Å²) in [6.07, 6.45) is 0. The summed E-state index contributed by atoms with van der Waals surface area (Å²) in [7, 11) is 0. The van der Waals surface area contributed by atoms with Gasteiger partial charge in [-0.2, -0.15) is 0 Å². The number of nitrogens with zero attached hydrogens (tertiary/aromatic N) is 1. The Kier molecular flexibility index (Phi) is 4.42. The lowest BCUT2D eigenvalue weighted by Crippen LogP contribution is -2.54. The van der Waals surface area contributed by atoms with E-state index in [-0.39, 0.29) is 18.4 Å². The zero-order chi connectivity index (χ0) is 14.7. The summed E-state index contributed by atoms with van der Waals surface area (Å²) in [6, 6.07) is 9.00. The first-order valence-corrected chi connectivity index (χ1v) is 7.13. The number of rotatable bonds is 4. The highest BCUT2D eigenvalue weighted by Gasteiger charge is 2.36. The molecule has 1 fully saturated rings. The van der Waals surface area contributed by atoms with Crippen molar-refractivity contribution in [3.05, 3.63) is 35.9 Å². The van der Waals surface area contributed by atoms with Gasteiger partial charge in [0.05, 0.1) is 6.54 Å². The highest BCUT2D eigenvalue weighted by atomic mass is 16.2. The molecule has 1 saturated heterocycles. The number of benzene rings is 1. The molecular weight excluding hydrogens is 252 g/mol. The van der Waals surface area contributed by atoms with Gasteiger partial charge in [-0.3, -0.25) is 9.59 Å². The summed E-state index contributed by atoms with van der Waals surface area (Å²) < 4.78 is 0. The molecule has 1 N–H and O–H groups in total. The highest BCUT2D eigenvalue weighted by molar-refractivity contribution is 5.95. The summed E-state index contributed by atoms with van der Waals surface area (Å²) >= 11 is 0. The third-order valence-corrected chi connectivity index (χ3v) is 4.03. The summed E-state index contributed by atoms with van der Waals surface area (Å²) in [5.41, 5.74) is 0.869. The second-order valence-electron chi connectivity index (χ2n) is 5.80. The molecule has 2 atom stereocenters. The van der Waals surface area contributed by atoms with E-state index in [2.05, 4.69) is 26.1 Å². The van der Waals surface area contributed by atoms with Crippen LogP contribution in [-0.4, -0.2) is 29.8 Å². The molecule has 0 bridgehead atoms. The van der Waals surface area contributed by atoms with E-state index in [1.165, 1.54) is 0 Å². The molecule has 108 valence electrons. The van der Waals surface area contributed by atoms with Crippen LogP contribution in [0.5, 0.6) is 0 Å². The summed E-state index contributed by atoms with van der Waals surface area (Å²) in [4.78, 5) is 26.1. The van der Waals surface area contributed by atoms with Crippen molar-refractivity contribution in [2.45, 2.75) is 26.8 Å². The molecular formula is C16H22N2O2. The fraction of sp³-hybridized carbons (Fsp3) is 0.500. The Morgan fingerprint density at radius 2 is 1.85 bits per heavy atom. The largest absolute Gasteiger partial charge is 0.345 e. The van der Waals surface area contributed by atoms with Crippen LogP contribution in [0.2, 0.25) is 0 Å². The van der Waals surface area contributed by atoms with Crippen LogP contribution in [0.4, 0.5) is 0 Å². The van der Waals surface area contributed by atoms with Crippen LogP contribution < -0.4 is 5.32 Å². The van der Waals surface area contributed by atoms with Crippen molar-refractivity contribution in [3.63, 3.8) is 0 Å². The number of piperazine rings is 1. The molecule has 2 rings (SSSR count). The predicted molar refractivity (Wildman–Crippen MR) is 77.9 cm³/mol. The van der Waals surface area contributed by atoms with Gasteiger partial charge in [-0.15, -0.1) is 0 Å². The van der Waals surface area contributed by atoms with Gasteiger partial charge in [0.2, 0.25) is 11.8 Å². The Morgan fingerprint density at radius 1 is 1.20 bits per heavy atom. The average molecular weight is 274 g/mol. The monoisotopic (exact) mass is 274 g/mol. The quantitative estimate of drug-likeness (QED) is 0.912. The fourth-order valence-electron chi connectivity index (χ4n) is 2.34. The molecule has 0 aromatic heterocycles. The van der Waals surface area contributed by atoms with E-state index >= 15 is 0 Å². The fourth-order valence-corrected chi connectivity index (χ4v) is 2.34. The molecule has 2 amide bonds. The molecule has 1 aromatic carbocycles. The number of nitrogens with one attached hydrogen (secondary N) is 1. The molecule has 0 saturated carbocycles. The van der Waals surface area contributed by atoms with Gasteiger partial charge >= 0.3 is 0 Å². The third-order valence-electron chi connectivity index (χ3n) is 4.03. The summed E-state index contributed by atoms with van der Waals surface area (Å²) in [5, 5.41) is 2.68. The molecule has 1 aliphatic rings. The van der Waals surface area contributed by atoms with E-state index in [0.717, 1.165) is 5.56 Å². The first-order valence-electron chi connectivity index (χ1n) is 7.13. The van der Waals surface area contributed by atoms with E-state index < -0.39 is 6.04 Å². The minimum atomic E-state index is -0.501. The van der Waals surface area contributed by atoms with Crippen LogP contribution in [-0.2, 0) is 9.59 Å². The van der Waals surface area contributed by atoms with E-state index in [1.54, 1.807) is 4.90 Å². The van der Waals surface area contributed by atoms with Crippen molar-refractivity contribution >= 4 is 11.8 Å². The van der Waals surface area contributed by atoms with Gasteiger partial charge in [0, 0.05) is 6.54 Å². The van der Waals surface area contributed by atoms with Crippen molar-refractivity contribution in [2.75, 3.05) is 13.1 Å². The number of carbonyl (C=O) groups excluding carboxylic acids is 2. The molecule has 4 heteroatoms. The first kappa shape index (κ1) is 14.6. The third kappa shape index (κ3) is 3.00. The van der Waals surface area contributed by atoms with Crippen molar-refractivity contribution in [1.82, 2.24) is 10.2 Å². The SMILES string of the molecule is CC(C)C(C)CN1C(=O)CNC(=O)C1c1ccccc1. The molecule has 1 aromatic rings. The number of carbonyl (C=O) groups is 2. The van der Waals surface area contributed by atoms with Gasteiger partial charge in [-0.05, 0) is 17.4 Å². The molecule has 2 unspecified atom stereocenters. The van der Waals surface area contributed by atoms with Crippen LogP contribution in [0.15, 0.2) is 30.3 Å². The van der Waals surface area contributed by atoms with Crippen LogP contribution >= 0.6 is 0 Å². The van der Waals surface area contributed by atoms with Gasteiger partial charge in [0.25, 0.3) is 0 Å². The smallest absolute Gasteiger partial charge is 0.247 e. The van der Waals surface area contributed by atoms with Crippen LogP contribution in [0.25, 0.3) is 0 Å². The Labute approximate surface area is 120 Å². The van der Waals surface area contributed by atoms with E-state index in [9.17, 15) is 9.59 Å². The van der Waals surface area contributed by atoms with Crippen molar-refractivity contribution in [1.29, 1.82) is 0 Å². The number of hydrogen-bond acceptors (Lipinski definition) is 2. The topological polar surface area (TPSA) is 49.4 Å². The maximum absolute atomic E-state index is 12.2. The molecule has 1 heterocycles. The first-order chi connectivity index (χ1) is 9.50. The van der Waals surface area contributed by atoms with Gasteiger partial charge in [-0.25, -0.2) is 0 Å². The Balaban J connectivity index is 2.28. The second-order valence-corrected chi connectivity index (χ2v) is 5.80. The zero-order valence-corrected chi connectivity index (χ0v) is 12.3. The second kappa shape index (κ2) is 6.07. The highest BCUT2D eigenvalue weighted by Crippen LogP contribution is 2.26. The minimum absolute atomic E-state index is 0.00838. The van der Waals surface area contributed by atoms with Gasteiger partial charge < -0.3 is 10.2 Å². The standard InChI is InChI=1S/C16H22N2O2/c1-11(2)12(3)10-18-14(19)9-17-16(20)15(18)13-7-5-4-6-8-13/h4-8,11-12,15H,9-10H2,1-3H3,(H,17,20). The van der Waals surface area contributed by atoms with E-state index in [4.69, 9.17) is 0 Å². The minimum Gasteiger partial charge on any atom is -0.345 e. The number of hydrogen-bond donors (Lipinski definition) is 1. The lowest BCUT2D eigenvalue weighted by molar-refractivity contribution is -0.146. The van der Waals surface area contributed by atoms with Crippen LogP contribution in [0.3, 0.4) is 0 Å². The predicted octanol–water partition coefficient (Wildman–Crippen LogP) is 1.98. The van der Waals surface area contributed by atoms with Crippen molar-refractivity contribution < 1.29 is 9.59 Å². The van der Waals surface area contributed by atoms with Crippen molar-refractivity contribution in [3.8, 4) is 0 Å². The average Bonchev–Trinajstić information content (AvgIpc) is 2.43. The van der Waals surface area contributed by atoms with Crippen LogP contribution in [0.1, 0.15) is 32.4 Å². The zero-order valence-electron chi connectivity index (χ0n) is 12.3. The molecule has 4 nitrogen and oxygen atoms in total. The Morgan fingerprint density at radius 3 is 2.45 bits per heavy atom. The maximum Gasteiger partial charge on any atom is 0.247 e. The molecule has 0 radical (unpaired) electrons. The lowest BCUT2D eigenvalue weighted by Gasteiger charge is -2.37.